The van der Waals surface area contributed by atoms with Gasteiger partial charge in [-0.05, 0) is 43.7 Å². The van der Waals surface area contributed by atoms with Gasteiger partial charge < -0.3 is 11.1 Å². The van der Waals surface area contributed by atoms with Crippen molar-refractivity contribution in [3.63, 3.8) is 0 Å². The molecule has 0 bridgehead atoms. The summed E-state index contributed by atoms with van der Waals surface area (Å²) in [5.41, 5.74) is 5.34. The molecule has 0 aromatic carbocycles. The molecule has 1 amide bonds. The highest BCUT2D eigenvalue weighted by Gasteiger charge is 2.20. The molecular formula is C14H22N4O. The predicted molar refractivity (Wildman–Crippen MR) is 74.8 cm³/mol. The Bertz CT molecular complexity index is 410. The summed E-state index contributed by atoms with van der Waals surface area (Å²) in [5, 5.41) is 11.2. The number of anilines is 1. The molecule has 1 fully saturated rings. The molecule has 0 spiro atoms. The Hall–Kier alpha value is -1.65. The van der Waals surface area contributed by atoms with Crippen molar-refractivity contribution in [1.29, 1.82) is 0 Å². The van der Waals surface area contributed by atoms with Crippen LogP contribution in [0.3, 0.4) is 0 Å². The van der Waals surface area contributed by atoms with E-state index < -0.39 is 5.91 Å². The van der Waals surface area contributed by atoms with Gasteiger partial charge >= 0.3 is 0 Å². The zero-order valence-corrected chi connectivity index (χ0v) is 11.4. The Kier molecular flexibility index (Phi) is 4.71. The summed E-state index contributed by atoms with van der Waals surface area (Å²) in [5.74, 6) is 1.08. The monoisotopic (exact) mass is 262 g/mol. The van der Waals surface area contributed by atoms with Crippen molar-refractivity contribution in [2.45, 2.75) is 51.5 Å². The van der Waals surface area contributed by atoms with E-state index in [-0.39, 0.29) is 5.69 Å². The van der Waals surface area contributed by atoms with E-state index in [2.05, 4.69) is 22.4 Å². The van der Waals surface area contributed by atoms with E-state index in [0.29, 0.717) is 6.04 Å². The van der Waals surface area contributed by atoms with Crippen LogP contribution in [0.1, 0.15) is 55.9 Å². The summed E-state index contributed by atoms with van der Waals surface area (Å²) in [6.45, 7) is 2.25. The molecule has 0 saturated heterocycles. The second kappa shape index (κ2) is 6.50. The van der Waals surface area contributed by atoms with Gasteiger partial charge in [0.15, 0.2) is 5.69 Å². The van der Waals surface area contributed by atoms with Crippen molar-refractivity contribution in [3.05, 3.63) is 17.8 Å². The first-order valence-electron chi connectivity index (χ1n) is 7.09. The molecule has 1 aliphatic carbocycles. The highest BCUT2D eigenvalue weighted by molar-refractivity contribution is 5.90. The Morgan fingerprint density at radius 1 is 1.32 bits per heavy atom. The van der Waals surface area contributed by atoms with Crippen LogP contribution >= 0.6 is 0 Å². The number of nitrogens with two attached hydrogens (primary N) is 1. The number of carbonyl (C=O) groups is 1. The molecule has 5 nitrogen and oxygen atoms in total. The van der Waals surface area contributed by atoms with E-state index in [1.165, 1.54) is 38.5 Å². The maximum Gasteiger partial charge on any atom is 0.269 e. The lowest BCUT2D eigenvalue weighted by molar-refractivity contribution is 0.0994. The zero-order chi connectivity index (χ0) is 13.7. The van der Waals surface area contributed by atoms with E-state index in [9.17, 15) is 4.79 Å². The van der Waals surface area contributed by atoms with Gasteiger partial charge in [0, 0.05) is 6.04 Å². The van der Waals surface area contributed by atoms with Crippen LogP contribution in [-0.2, 0) is 0 Å². The van der Waals surface area contributed by atoms with Gasteiger partial charge in [-0.25, -0.2) is 0 Å². The normalized spacial score (nSPS) is 23.0. The lowest BCUT2D eigenvalue weighted by Gasteiger charge is -2.29. The fraction of sp³-hybridized carbons (Fsp3) is 0.643. The van der Waals surface area contributed by atoms with Crippen molar-refractivity contribution >= 4 is 11.7 Å². The van der Waals surface area contributed by atoms with Crippen molar-refractivity contribution < 1.29 is 4.79 Å². The highest BCUT2D eigenvalue weighted by atomic mass is 16.1. The molecule has 0 atom stereocenters. The summed E-state index contributed by atoms with van der Waals surface area (Å²) < 4.78 is 0. The summed E-state index contributed by atoms with van der Waals surface area (Å²) in [6.07, 6.45) is 7.58. The van der Waals surface area contributed by atoms with Gasteiger partial charge in [-0.1, -0.05) is 19.8 Å². The van der Waals surface area contributed by atoms with Crippen LogP contribution in [0.4, 0.5) is 5.82 Å². The number of amides is 1. The lowest BCUT2D eigenvalue weighted by atomic mass is 9.83. The number of hydrogen-bond donors (Lipinski definition) is 2. The van der Waals surface area contributed by atoms with Crippen LogP contribution in [-0.4, -0.2) is 22.1 Å². The molecule has 0 radical (unpaired) electrons. The number of carbonyl (C=O) groups excluding carboxylic acids is 1. The molecule has 1 aromatic rings. The molecule has 1 saturated carbocycles. The fourth-order valence-corrected chi connectivity index (χ4v) is 2.75. The molecule has 2 rings (SSSR count). The van der Waals surface area contributed by atoms with Crippen LogP contribution in [0.15, 0.2) is 12.1 Å². The minimum Gasteiger partial charge on any atom is -0.366 e. The number of nitrogens with one attached hydrogen (secondary N) is 1. The van der Waals surface area contributed by atoms with E-state index in [4.69, 9.17) is 5.73 Å². The smallest absolute Gasteiger partial charge is 0.269 e. The number of rotatable bonds is 5. The van der Waals surface area contributed by atoms with Gasteiger partial charge in [-0.2, -0.15) is 0 Å². The highest BCUT2D eigenvalue weighted by Crippen LogP contribution is 2.29. The number of nitrogens with zero attached hydrogens (tertiary/aromatic N) is 2. The van der Waals surface area contributed by atoms with Crippen LogP contribution in [0, 0.1) is 5.92 Å². The molecule has 104 valence electrons. The first-order valence-corrected chi connectivity index (χ1v) is 7.09. The third-order valence-electron chi connectivity index (χ3n) is 3.81. The number of hydrogen-bond acceptors (Lipinski definition) is 4. The van der Waals surface area contributed by atoms with Crippen LogP contribution in [0.25, 0.3) is 0 Å². The molecule has 1 aliphatic rings. The maximum atomic E-state index is 10.9. The summed E-state index contributed by atoms with van der Waals surface area (Å²) in [6, 6.07) is 3.85. The minimum atomic E-state index is -0.542. The van der Waals surface area contributed by atoms with Crippen molar-refractivity contribution in [2.75, 3.05) is 5.32 Å². The standard InChI is InChI=1S/C14H22N4O/c1-2-3-10-4-6-11(7-5-10)16-13-9-8-12(14(15)19)17-18-13/h8-11H,2-7H2,1H3,(H2,15,19)(H,16,18). The zero-order valence-electron chi connectivity index (χ0n) is 11.4. The molecule has 19 heavy (non-hydrogen) atoms. The van der Waals surface area contributed by atoms with Gasteiger partial charge in [-0.15, -0.1) is 10.2 Å². The van der Waals surface area contributed by atoms with E-state index in [0.717, 1.165) is 11.7 Å². The van der Waals surface area contributed by atoms with Crippen molar-refractivity contribution in [2.24, 2.45) is 11.7 Å². The first-order chi connectivity index (χ1) is 9.19. The largest absolute Gasteiger partial charge is 0.366 e. The van der Waals surface area contributed by atoms with E-state index in [1.54, 1.807) is 12.1 Å². The fourth-order valence-electron chi connectivity index (χ4n) is 2.75. The number of aromatic nitrogens is 2. The summed E-state index contributed by atoms with van der Waals surface area (Å²) >= 11 is 0. The van der Waals surface area contributed by atoms with Crippen LogP contribution in [0.5, 0.6) is 0 Å². The van der Waals surface area contributed by atoms with Gasteiger partial charge in [0.2, 0.25) is 0 Å². The second-order valence-electron chi connectivity index (χ2n) is 5.32. The quantitative estimate of drug-likeness (QED) is 0.853. The van der Waals surface area contributed by atoms with Gasteiger partial charge in [0.1, 0.15) is 5.82 Å². The van der Waals surface area contributed by atoms with E-state index >= 15 is 0 Å². The molecule has 5 heteroatoms. The Morgan fingerprint density at radius 2 is 2.05 bits per heavy atom. The van der Waals surface area contributed by atoms with Crippen LogP contribution < -0.4 is 11.1 Å². The Morgan fingerprint density at radius 3 is 2.58 bits per heavy atom. The minimum absolute atomic E-state index is 0.206. The molecule has 0 unspecified atom stereocenters. The van der Waals surface area contributed by atoms with Gasteiger partial charge in [-0.3, -0.25) is 4.79 Å². The van der Waals surface area contributed by atoms with E-state index in [1.807, 2.05) is 0 Å². The molecule has 0 aliphatic heterocycles. The maximum absolute atomic E-state index is 10.9. The summed E-state index contributed by atoms with van der Waals surface area (Å²) in [7, 11) is 0. The Balaban J connectivity index is 1.83. The van der Waals surface area contributed by atoms with Gasteiger partial charge in [0.05, 0.1) is 0 Å². The van der Waals surface area contributed by atoms with Crippen LogP contribution in [0.2, 0.25) is 0 Å². The molecular weight excluding hydrogens is 240 g/mol. The first kappa shape index (κ1) is 13.8. The third-order valence-corrected chi connectivity index (χ3v) is 3.81. The SMILES string of the molecule is CCCC1CCC(Nc2ccc(C(N)=O)nn2)CC1. The second-order valence-corrected chi connectivity index (χ2v) is 5.32. The average molecular weight is 262 g/mol. The van der Waals surface area contributed by atoms with Gasteiger partial charge in [0.25, 0.3) is 5.91 Å². The van der Waals surface area contributed by atoms with Crippen molar-refractivity contribution in [3.8, 4) is 0 Å². The topological polar surface area (TPSA) is 80.9 Å². The van der Waals surface area contributed by atoms with Crippen molar-refractivity contribution in [1.82, 2.24) is 10.2 Å². The number of primary amides is 1. The molecule has 1 heterocycles. The average Bonchev–Trinajstić information content (AvgIpc) is 2.42. The molecule has 1 aromatic heterocycles. The Labute approximate surface area is 114 Å². The lowest BCUT2D eigenvalue weighted by Crippen LogP contribution is -2.26. The predicted octanol–water partition coefficient (Wildman–Crippen LogP) is 2.35. The third kappa shape index (κ3) is 3.91. The summed E-state index contributed by atoms with van der Waals surface area (Å²) in [4.78, 5) is 10.9. The molecule has 3 N–H and O–H groups in total.